The van der Waals surface area contributed by atoms with Crippen molar-refractivity contribution in [1.82, 2.24) is 25.1 Å². The molecule has 4 amide bonds. The molecule has 1 N–H and O–H groups in total. The summed E-state index contributed by atoms with van der Waals surface area (Å²) in [4.78, 5) is 43.0. The van der Waals surface area contributed by atoms with Gasteiger partial charge < -0.3 is 15.1 Å². The van der Waals surface area contributed by atoms with Gasteiger partial charge >= 0.3 is 12.2 Å². The summed E-state index contributed by atoms with van der Waals surface area (Å²) < 4.78 is 39.9. The zero-order chi connectivity index (χ0) is 27.4. The van der Waals surface area contributed by atoms with Gasteiger partial charge in [0.1, 0.15) is 12.2 Å². The molecule has 12 heteroatoms. The van der Waals surface area contributed by atoms with Gasteiger partial charge in [-0.25, -0.2) is 14.8 Å². The highest BCUT2D eigenvalue weighted by atomic mass is 32.2. The molecule has 0 spiro atoms. The standard InChI is InChI=1S/C26H30F3N5O3S/c1-31-17-23(35)33-21(11-12-38-2)24(36)32(15-19-9-6-10-20(13-19)26(27,28)29)16-22(33)34(31)25(37)30-14-18-7-4-3-5-8-18/h3-10,13,21-22H,11-12,14-17H2,1-2H3,(H,30,37)/t21-,22-/m0/s1. The second-order valence-corrected chi connectivity index (χ2v) is 10.3. The molecule has 2 aromatic carbocycles. The normalized spacial score (nSPS) is 20.5. The predicted octanol–water partition coefficient (Wildman–Crippen LogP) is 3.40. The summed E-state index contributed by atoms with van der Waals surface area (Å²) >= 11 is 1.52. The van der Waals surface area contributed by atoms with Crippen LogP contribution >= 0.6 is 11.8 Å². The number of nitrogens with zero attached hydrogens (tertiary/aromatic N) is 4. The second kappa shape index (κ2) is 11.6. The monoisotopic (exact) mass is 549 g/mol. The molecule has 2 heterocycles. The van der Waals surface area contributed by atoms with Gasteiger partial charge in [-0.05, 0) is 41.7 Å². The number of amides is 4. The van der Waals surface area contributed by atoms with Gasteiger partial charge in [0.25, 0.3) is 0 Å². The smallest absolute Gasteiger partial charge is 0.333 e. The molecule has 2 aliphatic rings. The molecule has 0 unspecified atom stereocenters. The van der Waals surface area contributed by atoms with Crippen LogP contribution in [0.1, 0.15) is 23.1 Å². The van der Waals surface area contributed by atoms with Crippen LogP contribution in [0.5, 0.6) is 0 Å². The first-order valence-corrected chi connectivity index (χ1v) is 13.6. The number of carbonyl (C=O) groups excluding carboxylic acids is 3. The maximum Gasteiger partial charge on any atom is 0.416 e. The largest absolute Gasteiger partial charge is 0.416 e. The van der Waals surface area contributed by atoms with Crippen LogP contribution in [-0.4, -0.2) is 82.0 Å². The minimum Gasteiger partial charge on any atom is -0.333 e. The van der Waals surface area contributed by atoms with Crippen LogP contribution in [0.3, 0.4) is 0 Å². The van der Waals surface area contributed by atoms with Crippen molar-refractivity contribution in [3.8, 4) is 0 Å². The Balaban J connectivity index is 1.61. The first-order valence-electron chi connectivity index (χ1n) is 12.2. The summed E-state index contributed by atoms with van der Waals surface area (Å²) in [5.41, 5.74) is 0.423. The van der Waals surface area contributed by atoms with Gasteiger partial charge in [-0.15, -0.1) is 0 Å². The Hall–Kier alpha value is -3.25. The molecule has 0 aromatic heterocycles. The number of piperazine rings is 1. The second-order valence-electron chi connectivity index (χ2n) is 9.30. The van der Waals surface area contributed by atoms with Crippen molar-refractivity contribution in [1.29, 1.82) is 0 Å². The number of hydrogen-bond donors (Lipinski definition) is 1. The van der Waals surface area contributed by atoms with E-state index in [1.807, 2.05) is 36.6 Å². The molecule has 2 fully saturated rings. The zero-order valence-electron chi connectivity index (χ0n) is 21.1. The number of rotatable bonds is 7. The molecule has 2 saturated heterocycles. The zero-order valence-corrected chi connectivity index (χ0v) is 22.0. The number of urea groups is 1. The van der Waals surface area contributed by atoms with Gasteiger partial charge in [0.05, 0.1) is 18.7 Å². The fourth-order valence-corrected chi connectivity index (χ4v) is 5.33. The number of hydrogen-bond acceptors (Lipinski definition) is 5. The quantitative estimate of drug-likeness (QED) is 0.573. The average molecular weight is 550 g/mol. The van der Waals surface area contributed by atoms with Crippen molar-refractivity contribution in [2.24, 2.45) is 0 Å². The highest BCUT2D eigenvalue weighted by Gasteiger charge is 2.50. The number of thioether (sulfide) groups is 1. The lowest BCUT2D eigenvalue weighted by Gasteiger charge is -2.54. The van der Waals surface area contributed by atoms with E-state index in [2.05, 4.69) is 5.32 Å². The number of halogens is 3. The van der Waals surface area contributed by atoms with E-state index in [1.165, 1.54) is 43.7 Å². The molecule has 2 atom stereocenters. The Morgan fingerprint density at radius 1 is 1.08 bits per heavy atom. The number of fused-ring (bicyclic) bond motifs is 1. The first-order chi connectivity index (χ1) is 18.1. The van der Waals surface area contributed by atoms with Crippen LogP contribution in [0, 0.1) is 0 Å². The molecule has 0 aliphatic carbocycles. The number of hydrazine groups is 1. The van der Waals surface area contributed by atoms with E-state index >= 15 is 0 Å². The molecular weight excluding hydrogens is 519 g/mol. The summed E-state index contributed by atoms with van der Waals surface area (Å²) in [5.74, 6) is -0.0154. The average Bonchev–Trinajstić information content (AvgIpc) is 2.88. The van der Waals surface area contributed by atoms with Gasteiger partial charge in [-0.1, -0.05) is 42.5 Å². The third kappa shape index (κ3) is 6.07. The van der Waals surface area contributed by atoms with Gasteiger partial charge in [0, 0.05) is 20.1 Å². The van der Waals surface area contributed by atoms with Crippen molar-refractivity contribution in [3.63, 3.8) is 0 Å². The minimum absolute atomic E-state index is 0.0281. The molecule has 38 heavy (non-hydrogen) atoms. The van der Waals surface area contributed by atoms with Crippen LogP contribution in [0.2, 0.25) is 0 Å². The fourth-order valence-electron chi connectivity index (χ4n) is 4.87. The summed E-state index contributed by atoms with van der Waals surface area (Å²) in [6.45, 7) is 0.0965. The summed E-state index contributed by atoms with van der Waals surface area (Å²) in [7, 11) is 1.63. The van der Waals surface area contributed by atoms with Crippen molar-refractivity contribution < 1.29 is 27.6 Å². The lowest BCUT2D eigenvalue weighted by molar-refractivity contribution is -0.187. The van der Waals surface area contributed by atoms with E-state index < -0.39 is 30.0 Å². The summed E-state index contributed by atoms with van der Waals surface area (Å²) in [6.07, 6.45) is -3.05. The van der Waals surface area contributed by atoms with E-state index in [-0.39, 0.29) is 38.0 Å². The Morgan fingerprint density at radius 3 is 2.47 bits per heavy atom. The Kier molecular flexibility index (Phi) is 8.51. The molecule has 0 saturated carbocycles. The number of nitrogens with one attached hydrogen (secondary N) is 1. The van der Waals surface area contributed by atoms with Gasteiger partial charge in [-0.2, -0.15) is 24.9 Å². The SMILES string of the molecule is CSCC[C@H]1C(=O)N(Cc2cccc(C(F)(F)F)c2)C[C@H]2N1C(=O)CN(C)N2C(=O)NCc1ccccc1. The molecule has 0 bridgehead atoms. The number of carbonyl (C=O) groups is 3. The van der Waals surface area contributed by atoms with E-state index in [4.69, 9.17) is 0 Å². The number of likely N-dealkylation sites (N-methyl/N-ethyl adjacent to an activating group) is 1. The third-order valence-corrected chi connectivity index (χ3v) is 7.30. The van der Waals surface area contributed by atoms with Crippen LogP contribution in [0.4, 0.5) is 18.0 Å². The maximum absolute atomic E-state index is 13.6. The number of alkyl halides is 3. The third-order valence-electron chi connectivity index (χ3n) is 6.66. The highest BCUT2D eigenvalue weighted by molar-refractivity contribution is 7.98. The molecular formula is C26H30F3N5O3S. The topological polar surface area (TPSA) is 76.2 Å². The molecule has 2 aliphatic heterocycles. The van der Waals surface area contributed by atoms with E-state index in [0.29, 0.717) is 17.7 Å². The molecule has 0 radical (unpaired) electrons. The van der Waals surface area contributed by atoms with Crippen molar-refractivity contribution >= 4 is 29.6 Å². The van der Waals surface area contributed by atoms with E-state index in [9.17, 15) is 27.6 Å². The van der Waals surface area contributed by atoms with E-state index in [0.717, 1.165) is 17.7 Å². The Bertz CT molecular complexity index is 1170. The van der Waals surface area contributed by atoms with Gasteiger partial charge in [0.15, 0.2) is 0 Å². The van der Waals surface area contributed by atoms with Crippen molar-refractivity contribution in [3.05, 3.63) is 71.3 Å². The molecule has 8 nitrogen and oxygen atoms in total. The van der Waals surface area contributed by atoms with Crippen LogP contribution in [0.15, 0.2) is 54.6 Å². The Labute approximate surface area is 223 Å². The molecule has 204 valence electrons. The van der Waals surface area contributed by atoms with Gasteiger partial charge in [0.2, 0.25) is 11.8 Å². The Morgan fingerprint density at radius 2 is 1.79 bits per heavy atom. The minimum atomic E-state index is -4.51. The summed E-state index contributed by atoms with van der Waals surface area (Å²) in [5, 5.41) is 5.83. The van der Waals surface area contributed by atoms with Crippen molar-refractivity contribution in [2.45, 2.75) is 37.9 Å². The highest BCUT2D eigenvalue weighted by Crippen LogP contribution is 2.32. The van der Waals surface area contributed by atoms with Gasteiger partial charge in [-0.3, -0.25) is 9.59 Å². The lowest BCUT2D eigenvalue weighted by atomic mass is 10.0. The predicted molar refractivity (Wildman–Crippen MR) is 137 cm³/mol. The maximum atomic E-state index is 13.6. The van der Waals surface area contributed by atoms with Crippen LogP contribution in [0.25, 0.3) is 0 Å². The summed E-state index contributed by atoms with van der Waals surface area (Å²) in [6, 6.07) is 13.0. The molecule has 2 aromatic rings. The first kappa shape index (κ1) is 27.8. The number of benzene rings is 2. The van der Waals surface area contributed by atoms with Crippen LogP contribution < -0.4 is 5.32 Å². The van der Waals surface area contributed by atoms with E-state index in [1.54, 1.807) is 7.05 Å². The fraction of sp³-hybridized carbons (Fsp3) is 0.423. The molecule has 4 rings (SSSR count). The lowest BCUT2D eigenvalue weighted by Crippen LogP contribution is -2.75. The van der Waals surface area contributed by atoms with Crippen LogP contribution in [-0.2, 0) is 28.9 Å². The van der Waals surface area contributed by atoms with Crippen molar-refractivity contribution in [2.75, 3.05) is 32.1 Å².